The number of pyridine rings is 2. The number of amides is 1. The number of hydrogen-bond donors (Lipinski definition) is 2. The van der Waals surface area contributed by atoms with Crippen LogP contribution in [0.4, 0.5) is 29.2 Å². The molecule has 0 saturated carbocycles. The average molecular weight is 1070 g/mol. The van der Waals surface area contributed by atoms with Gasteiger partial charge in [-0.25, -0.2) is 19.2 Å². The molecule has 5 aromatic rings. The number of ether oxygens (including phenoxy) is 3. The lowest BCUT2D eigenvalue weighted by atomic mass is 9.72. The van der Waals surface area contributed by atoms with Crippen LogP contribution in [0, 0.1) is 18.2 Å². The molecule has 3 N–H and O–H groups in total. The number of aliphatic hydroxyl groups is 1. The molecule has 3 saturated heterocycles. The Kier molecular flexibility index (Phi) is 16.1. The van der Waals surface area contributed by atoms with Crippen molar-refractivity contribution in [3.63, 3.8) is 0 Å². The van der Waals surface area contributed by atoms with Crippen LogP contribution in [0.15, 0.2) is 72.4 Å². The van der Waals surface area contributed by atoms with Crippen molar-refractivity contribution >= 4 is 62.6 Å². The van der Waals surface area contributed by atoms with Gasteiger partial charge in [0.25, 0.3) is 5.91 Å². The fourth-order valence-electron chi connectivity index (χ4n) is 10.8. The van der Waals surface area contributed by atoms with Crippen molar-refractivity contribution in [2.45, 2.75) is 85.7 Å². The van der Waals surface area contributed by atoms with E-state index >= 15 is 4.39 Å². The van der Waals surface area contributed by atoms with E-state index in [0.29, 0.717) is 61.9 Å². The number of nitrogens with zero attached hydrogens (tertiary/aromatic N) is 8. The number of aryl methyl sites for hydroxylation is 2. The van der Waals surface area contributed by atoms with Crippen LogP contribution in [0.3, 0.4) is 0 Å². The van der Waals surface area contributed by atoms with Crippen molar-refractivity contribution in [3.8, 4) is 23.0 Å². The summed E-state index contributed by atoms with van der Waals surface area (Å²) in [7, 11) is 3.91. The Bertz CT molecular complexity index is 3200. The van der Waals surface area contributed by atoms with Crippen LogP contribution >= 0.6 is 11.6 Å². The Labute approximate surface area is 444 Å². The number of likely N-dealkylation sites (tertiary alicyclic amines) is 2. The summed E-state index contributed by atoms with van der Waals surface area (Å²) in [4.78, 5) is 51.8. The van der Waals surface area contributed by atoms with Gasteiger partial charge in [0.05, 0.1) is 38.8 Å². The molecule has 10 rings (SSSR count). The Morgan fingerprint density at radius 2 is 1.75 bits per heavy atom. The molecule has 0 radical (unpaired) electrons. The van der Waals surface area contributed by atoms with Gasteiger partial charge in [0.15, 0.2) is 11.9 Å². The number of carbonyl (C=O) groups is 2. The number of anilines is 2. The number of carbonyl (C=O) groups excluding carboxylic acids is 2. The lowest BCUT2D eigenvalue weighted by Crippen LogP contribution is -2.73. The smallest absolute Gasteiger partial charge is 0.418 e. The first kappa shape index (κ1) is 55.4. The van der Waals surface area contributed by atoms with Gasteiger partial charge in [0.2, 0.25) is 0 Å². The largest absolute Gasteiger partial charge is 0.489 e. The zero-order chi connectivity index (χ0) is 55.1. The molecule has 15 nitrogen and oxygen atoms in total. The highest BCUT2D eigenvalue weighted by Gasteiger charge is 2.54. The molecule has 2 aromatic carbocycles. The zero-order valence-corrected chi connectivity index (χ0v) is 44.9. The number of cyclic esters (lactones) is 1. The minimum Gasteiger partial charge on any atom is -0.489 e. The highest BCUT2D eigenvalue weighted by atomic mass is 35.5. The van der Waals surface area contributed by atoms with Gasteiger partial charge in [-0.15, -0.1) is 0 Å². The number of aromatic nitrogens is 4. The summed E-state index contributed by atoms with van der Waals surface area (Å²) in [6, 6.07) is 7.91. The van der Waals surface area contributed by atoms with Crippen molar-refractivity contribution in [1.82, 2.24) is 34.6 Å². The van der Waals surface area contributed by atoms with Crippen molar-refractivity contribution in [3.05, 3.63) is 111 Å². The number of nitrogens with two attached hydrogens (primary N) is 1. The monoisotopic (exact) mass is 1070 g/mol. The van der Waals surface area contributed by atoms with E-state index in [2.05, 4.69) is 34.9 Å². The van der Waals surface area contributed by atoms with Crippen LogP contribution in [-0.2, 0) is 33.5 Å². The van der Waals surface area contributed by atoms with E-state index in [4.69, 9.17) is 41.5 Å². The molecule has 1 amide bonds. The fraction of sp³-hybridized carbons (Fsp3) is 0.429. The Balaban J connectivity index is 0.00000187. The van der Waals surface area contributed by atoms with Gasteiger partial charge in [0, 0.05) is 78.7 Å². The van der Waals surface area contributed by atoms with Gasteiger partial charge in [0.1, 0.15) is 42.7 Å². The van der Waals surface area contributed by atoms with Gasteiger partial charge in [-0.3, -0.25) is 4.79 Å². The predicted octanol–water partition coefficient (Wildman–Crippen LogP) is 9.50. The maximum absolute atomic E-state index is 16.9. The van der Waals surface area contributed by atoms with E-state index in [1.165, 1.54) is 13.0 Å². The van der Waals surface area contributed by atoms with Crippen molar-refractivity contribution in [2.75, 3.05) is 77.3 Å². The molecule has 1 spiro atoms. The fourth-order valence-corrected chi connectivity index (χ4v) is 11.1. The number of benzene rings is 2. The Morgan fingerprint density at radius 1 is 1.03 bits per heavy atom. The van der Waals surface area contributed by atoms with E-state index < -0.39 is 40.9 Å². The Morgan fingerprint density at radius 3 is 2.41 bits per heavy atom. The van der Waals surface area contributed by atoms with Crippen LogP contribution in [0.25, 0.3) is 38.8 Å². The summed E-state index contributed by atoms with van der Waals surface area (Å²) in [6.07, 6.45) is -0.418. The topological polar surface area (TPSA) is 173 Å². The van der Waals surface area contributed by atoms with Gasteiger partial charge in [-0.1, -0.05) is 65.5 Å². The maximum atomic E-state index is 16.9. The molecule has 76 heavy (non-hydrogen) atoms. The van der Waals surface area contributed by atoms with Crippen LogP contribution in [0.5, 0.6) is 11.8 Å². The number of halogens is 5. The number of aliphatic hydroxyl groups excluding tert-OH is 1. The van der Waals surface area contributed by atoms with Crippen molar-refractivity contribution < 1.29 is 46.5 Å². The van der Waals surface area contributed by atoms with Crippen LogP contribution in [0.2, 0.25) is 5.02 Å². The van der Waals surface area contributed by atoms with Gasteiger partial charge in [-0.2, -0.15) is 23.1 Å². The molecule has 0 bridgehead atoms. The molecule has 3 aromatic heterocycles. The number of fused-ring (bicyclic) bond motifs is 3. The molecule has 5 aliphatic heterocycles. The second kappa shape index (κ2) is 22.0. The molecule has 2 atom stereocenters. The van der Waals surface area contributed by atoms with Gasteiger partial charge < -0.3 is 44.7 Å². The zero-order valence-electron chi connectivity index (χ0n) is 44.1. The lowest BCUT2D eigenvalue weighted by Gasteiger charge is -2.60. The molecular formula is C56H64ClF4N9O6. The van der Waals surface area contributed by atoms with Gasteiger partial charge in [-0.05, 0) is 92.9 Å². The van der Waals surface area contributed by atoms with Crippen LogP contribution in [-0.4, -0.2) is 130 Å². The highest BCUT2D eigenvalue weighted by Crippen LogP contribution is 2.48. The molecule has 20 heteroatoms. The molecule has 404 valence electrons. The third-order valence-corrected chi connectivity index (χ3v) is 14.8. The van der Waals surface area contributed by atoms with Crippen LogP contribution in [0.1, 0.15) is 75.4 Å². The SMILES string of the molecule is C=CC1=C(/C=C2/c3nc4ccc(OCC(=C)C(=O)N5CC6(C5)CN(c5nc(OCC7CCCN7C)nc7c(F)c(-c8nc(N)cc(C)c8C(F)(F)F)c(Cl)cc57)C6)cc4c(CC)c3CN2C)C(O)C(=O)OC1.CC.CC. The predicted molar refractivity (Wildman–Crippen MR) is 286 cm³/mol. The number of nitrogen functional groups attached to an aromatic ring is 1. The molecule has 5 aliphatic rings. The summed E-state index contributed by atoms with van der Waals surface area (Å²) in [5.41, 5.74) is 8.21. The van der Waals surface area contributed by atoms with Gasteiger partial charge >= 0.3 is 18.2 Å². The van der Waals surface area contributed by atoms with E-state index in [1.807, 2.05) is 63.7 Å². The Hall–Kier alpha value is -6.83. The normalized spacial score (nSPS) is 19.4. The van der Waals surface area contributed by atoms with Crippen LogP contribution < -0.4 is 20.1 Å². The third-order valence-electron chi connectivity index (χ3n) is 14.5. The van der Waals surface area contributed by atoms with E-state index in [1.54, 1.807) is 23.1 Å². The quantitative estimate of drug-likeness (QED) is 0.0687. The first-order chi connectivity index (χ1) is 36.3. The summed E-state index contributed by atoms with van der Waals surface area (Å²) < 4.78 is 77.6. The number of hydrogen-bond acceptors (Lipinski definition) is 14. The number of likely N-dealkylation sites (N-methyl/N-ethyl adjacent to an activating group) is 1. The highest BCUT2D eigenvalue weighted by molar-refractivity contribution is 6.34. The maximum Gasteiger partial charge on any atom is 0.418 e. The summed E-state index contributed by atoms with van der Waals surface area (Å²) in [5, 5.41) is 11.4. The first-order valence-corrected chi connectivity index (χ1v) is 26.0. The minimum absolute atomic E-state index is 0.0242. The van der Waals surface area contributed by atoms with E-state index in [0.717, 1.165) is 58.9 Å². The summed E-state index contributed by atoms with van der Waals surface area (Å²) >= 11 is 6.68. The number of esters is 1. The first-order valence-electron chi connectivity index (χ1n) is 25.6. The van der Waals surface area contributed by atoms with Crippen molar-refractivity contribution in [2.24, 2.45) is 5.41 Å². The molecule has 8 heterocycles. The lowest BCUT2D eigenvalue weighted by molar-refractivity contribution is -0.151. The number of rotatable bonds is 12. The molecule has 0 aliphatic carbocycles. The summed E-state index contributed by atoms with van der Waals surface area (Å²) in [6.45, 7) is 22.5. The average Bonchev–Trinajstić information content (AvgIpc) is 4.01. The van der Waals surface area contributed by atoms with E-state index in [-0.39, 0.29) is 76.1 Å². The second-order valence-corrected chi connectivity index (χ2v) is 19.8. The molecule has 3 fully saturated rings. The summed E-state index contributed by atoms with van der Waals surface area (Å²) in [5.74, 6) is -1.50. The second-order valence-electron chi connectivity index (χ2n) is 19.4. The standard InChI is InChI=1S/C52H52ClF4N9O6.2C2H6/c1-7-28-20-71-49(69)46(67)32(28)17-38-43-35(18-64(38)6)31(8-2)33-15-30(11-12-37(33)59-43)70-19-27(4)48(68)66-24-51(25-66)22-65(23-51)47-34-16-36(53)40(45-41(52(55,56)57)26(3)14-39(58)60-45)42(54)44(34)61-50(62-47)72-21-29-10-9-13-63(29)5;2*1-2/h7,11-12,14-17,29,46,67H,1,4,8-10,13,18-25H2,2-3,5-6H3,(H2,58,60);2*1-2H3/b38-17-;;. The molecule has 2 unspecified atom stereocenters. The minimum atomic E-state index is -4.90. The van der Waals surface area contributed by atoms with E-state index in [9.17, 15) is 27.9 Å². The number of alkyl halides is 3. The van der Waals surface area contributed by atoms with Crippen molar-refractivity contribution in [1.29, 1.82) is 0 Å². The molecular weight excluding hydrogens is 1010 g/mol. The third kappa shape index (κ3) is 10.3.